The van der Waals surface area contributed by atoms with E-state index in [0.717, 1.165) is 0 Å². The first-order chi connectivity index (χ1) is 6.50. The molecule has 0 fully saturated rings. The van der Waals surface area contributed by atoms with Gasteiger partial charge in [0, 0.05) is 6.04 Å². The van der Waals surface area contributed by atoms with E-state index in [9.17, 15) is 10.2 Å². The highest BCUT2D eigenvalue weighted by molar-refractivity contribution is 5.41. The standard InChI is InChI=1S/C10H15NO3/c1-6(2)11-10(14)7-3-4-8(12)9(13)5-7/h3-6,10-14H,1-2H3. The summed E-state index contributed by atoms with van der Waals surface area (Å²) in [6, 6.07) is 4.36. The molecule has 0 saturated heterocycles. The number of phenols is 2. The van der Waals surface area contributed by atoms with Gasteiger partial charge in [0.15, 0.2) is 11.5 Å². The number of nitrogens with one attached hydrogen (secondary N) is 1. The van der Waals surface area contributed by atoms with Crippen LogP contribution in [0, 0.1) is 0 Å². The zero-order chi connectivity index (χ0) is 10.7. The molecular formula is C10H15NO3. The maximum Gasteiger partial charge on any atom is 0.157 e. The predicted molar refractivity (Wildman–Crippen MR) is 53.0 cm³/mol. The molecule has 1 aromatic rings. The van der Waals surface area contributed by atoms with Crippen LogP contribution in [0.5, 0.6) is 11.5 Å². The molecule has 0 bridgehead atoms. The minimum absolute atomic E-state index is 0.140. The Morgan fingerprint density at radius 1 is 1.14 bits per heavy atom. The lowest BCUT2D eigenvalue weighted by Gasteiger charge is -2.16. The van der Waals surface area contributed by atoms with E-state index in [1.807, 2.05) is 13.8 Å². The summed E-state index contributed by atoms with van der Waals surface area (Å²) in [5.74, 6) is -0.419. The Balaban J connectivity index is 2.80. The second kappa shape index (κ2) is 4.30. The molecule has 1 atom stereocenters. The number of hydrogen-bond acceptors (Lipinski definition) is 4. The van der Waals surface area contributed by atoms with Crippen molar-refractivity contribution in [2.24, 2.45) is 0 Å². The van der Waals surface area contributed by atoms with E-state index in [0.29, 0.717) is 5.56 Å². The molecule has 0 aliphatic rings. The van der Waals surface area contributed by atoms with Crippen LogP contribution < -0.4 is 5.32 Å². The topological polar surface area (TPSA) is 72.7 Å². The highest BCUT2D eigenvalue weighted by atomic mass is 16.3. The third-order valence-corrected chi connectivity index (χ3v) is 1.81. The molecule has 0 aliphatic heterocycles. The highest BCUT2D eigenvalue weighted by Gasteiger charge is 2.10. The summed E-state index contributed by atoms with van der Waals surface area (Å²) < 4.78 is 0. The van der Waals surface area contributed by atoms with Crippen LogP contribution in [0.25, 0.3) is 0 Å². The SMILES string of the molecule is CC(C)NC(O)c1ccc(O)c(O)c1. The van der Waals surface area contributed by atoms with Crippen LogP contribution in [-0.2, 0) is 0 Å². The minimum Gasteiger partial charge on any atom is -0.504 e. The lowest BCUT2D eigenvalue weighted by molar-refractivity contribution is 0.128. The molecule has 4 N–H and O–H groups in total. The second-order valence-electron chi connectivity index (χ2n) is 3.47. The quantitative estimate of drug-likeness (QED) is 0.432. The summed E-state index contributed by atoms with van der Waals surface area (Å²) in [4.78, 5) is 0. The number of hydrogen-bond donors (Lipinski definition) is 4. The number of aromatic hydroxyl groups is 2. The van der Waals surface area contributed by atoms with Gasteiger partial charge in [0.05, 0.1) is 0 Å². The fourth-order valence-electron chi connectivity index (χ4n) is 1.12. The highest BCUT2D eigenvalue weighted by Crippen LogP contribution is 2.27. The molecule has 0 spiro atoms. The first-order valence-electron chi connectivity index (χ1n) is 4.46. The van der Waals surface area contributed by atoms with Crippen molar-refractivity contribution >= 4 is 0 Å². The van der Waals surface area contributed by atoms with Crippen molar-refractivity contribution in [1.82, 2.24) is 5.32 Å². The van der Waals surface area contributed by atoms with Gasteiger partial charge in [0.2, 0.25) is 0 Å². The van der Waals surface area contributed by atoms with Crippen LogP contribution in [0.1, 0.15) is 25.6 Å². The Bertz CT molecular complexity index is 312. The lowest BCUT2D eigenvalue weighted by Crippen LogP contribution is -2.27. The fraction of sp³-hybridized carbons (Fsp3) is 0.400. The van der Waals surface area contributed by atoms with Gasteiger partial charge in [-0.15, -0.1) is 0 Å². The first-order valence-corrected chi connectivity index (χ1v) is 4.46. The maximum atomic E-state index is 9.60. The number of aliphatic hydroxyl groups is 1. The van der Waals surface area contributed by atoms with E-state index in [2.05, 4.69) is 5.32 Å². The van der Waals surface area contributed by atoms with Gasteiger partial charge >= 0.3 is 0 Å². The molecule has 0 radical (unpaired) electrons. The summed E-state index contributed by atoms with van der Waals surface area (Å²) in [5, 5.41) is 30.7. The molecule has 0 heterocycles. The monoisotopic (exact) mass is 197 g/mol. The van der Waals surface area contributed by atoms with E-state index in [1.165, 1.54) is 12.1 Å². The Hall–Kier alpha value is -1.26. The summed E-state index contributed by atoms with van der Waals surface area (Å²) in [7, 11) is 0. The molecule has 0 aromatic heterocycles. The average Bonchev–Trinajstić information content (AvgIpc) is 2.08. The Morgan fingerprint density at radius 3 is 2.29 bits per heavy atom. The van der Waals surface area contributed by atoms with Crippen LogP contribution in [0.2, 0.25) is 0 Å². The third-order valence-electron chi connectivity index (χ3n) is 1.81. The summed E-state index contributed by atoms with van der Waals surface area (Å²) in [6.45, 7) is 3.81. The van der Waals surface area contributed by atoms with Gasteiger partial charge in [-0.3, -0.25) is 5.32 Å². The van der Waals surface area contributed by atoms with Crippen molar-refractivity contribution in [2.45, 2.75) is 26.1 Å². The third kappa shape index (κ3) is 2.61. The first kappa shape index (κ1) is 10.8. The number of benzene rings is 1. The lowest BCUT2D eigenvalue weighted by atomic mass is 10.1. The van der Waals surface area contributed by atoms with E-state index in [-0.39, 0.29) is 17.5 Å². The molecular weight excluding hydrogens is 182 g/mol. The van der Waals surface area contributed by atoms with Gasteiger partial charge < -0.3 is 15.3 Å². The van der Waals surface area contributed by atoms with Crippen molar-refractivity contribution < 1.29 is 15.3 Å². The minimum atomic E-state index is -0.832. The van der Waals surface area contributed by atoms with Gasteiger partial charge in [-0.05, 0) is 31.5 Å². The van der Waals surface area contributed by atoms with Gasteiger partial charge in [-0.2, -0.15) is 0 Å². The summed E-state index contributed by atoms with van der Waals surface area (Å²) in [6.07, 6.45) is -0.832. The number of aliphatic hydroxyl groups excluding tert-OH is 1. The molecule has 1 rings (SSSR count). The zero-order valence-electron chi connectivity index (χ0n) is 8.23. The van der Waals surface area contributed by atoms with Crippen molar-refractivity contribution in [3.05, 3.63) is 23.8 Å². The molecule has 0 amide bonds. The van der Waals surface area contributed by atoms with E-state index < -0.39 is 6.23 Å². The van der Waals surface area contributed by atoms with Crippen LogP contribution >= 0.6 is 0 Å². The predicted octanol–water partition coefficient (Wildman–Crippen LogP) is 1.09. The molecule has 14 heavy (non-hydrogen) atoms. The summed E-state index contributed by atoms with van der Waals surface area (Å²) in [5.41, 5.74) is 0.522. The van der Waals surface area contributed by atoms with Gasteiger partial charge in [-0.25, -0.2) is 0 Å². The van der Waals surface area contributed by atoms with Crippen molar-refractivity contribution in [3.63, 3.8) is 0 Å². The molecule has 1 unspecified atom stereocenters. The van der Waals surface area contributed by atoms with E-state index in [4.69, 9.17) is 5.11 Å². The van der Waals surface area contributed by atoms with Crippen LogP contribution in [0.3, 0.4) is 0 Å². The normalized spacial score (nSPS) is 13.1. The number of rotatable bonds is 3. The van der Waals surface area contributed by atoms with Crippen molar-refractivity contribution in [2.75, 3.05) is 0 Å². The van der Waals surface area contributed by atoms with E-state index >= 15 is 0 Å². The van der Waals surface area contributed by atoms with Gasteiger partial charge in [-0.1, -0.05) is 6.07 Å². The van der Waals surface area contributed by atoms with Crippen LogP contribution in [0.15, 0.2) is 18.2 Å². The largest absolute Gasteiger partial charge is 0.504 e. The smallest absolute Gasteiger partial charge is 0.157 e. The summed E-state index contributed by atoms with van der Waals surface area (Å²) >= 11 is 0. The zero-order valence-corrected chi connectivity index (χ0v) is 8.23. The molecule has 4 heteroatoms. The average molecular weight is 197 g/mol. The maximum absolute atomic E-state index is 9.60. The molecule has 1 aromatic carbocycles. The van der Waals surface area contributed by atoms with Crippen molar-refractivity contribution in [1.29, 1.82) is 0 Å². The van der Waals surface area contributed by atoms with Crippen LogP contribution in [-0.4, -0.2) is 21.4 Å². The molecule has 0 aliphatic carbocycles. The van der Waals surface area contributed by atoms with Crippen LogP contribution in [0.4, 0.5) is 0 Å². The van der Waals surface area contributed by atoms with E-state index in [1.54, 1.807) is 6.07 Å². The number of phenolic OH excluding ortho intramolecular Hbond substituents is 2. The molecule has 0 saturated carbocycles. The second-order valence-corrected chi connectivity index (χ2v) is 3.47. The van der Waals surface area contributed by atoms with Crippen molar-refractivity contribution in [3.8, 4) is 11.5 Å². The van der Waals surface area contributed by atoms with Gasteiger partial charge in [0.25, 0.3) is 0 Å². The Labute approximate surface area is 82.8 Å². The fourth-order valence-corrected chi connectivity index (χ4v) is 1.12. The Kier molecular flexibility index (Phi) is 3.33. The molecule has 78 valence electrons. The molecule has 4 nitrogen and oxygen atoms in total. The Morgan fingerprint density at radius 2 is 1.79 bits per heavy atom. The van der Waals surface area contributed by atoms with Gasteiger partial charge in [0.1, 0.15) is 6.23 Å².